The smallest absolute Gasteiger partial charge is 0.191 e. The molecule has 27 heavy (non-hydrogen) atoms. The van der Waals surface area contributed by atoms with E-state index in [0.29, 0.717) is 6.10 Å². The summed E-state index contributed by atoms with van der Waals surface area (Å²) in [5, 5.41) is 6.68. The lowest BCUT2D eigenvalue weighted by molar-refractivity contribution is 0.00566. The number of guanidine groups is 1. The van der Waals surface area contributed by atoms with E-state index in [-0.39, 0.29) is 0 Å². The molecule has 1 aliphatic heterocycles. The van der Waals surface area contributed by atoms with E-state index in [0.717, 1.165) is 71.1 Å². The molecule has 1 fully saturated rings. The fourth-order valence-corrected chi connectivity index (χ4v) is 3.31. The Hall–Kier alpha value is -1.59. The van der Waals surface area contributed by atoms with Gasteiger partial charge in [0.05, 0.1) is 6.10 Å². The van der Waals surface area contributed by atoms with Crippen molar-refractivity contribution >= 4 is 5.96 Å². The van der Waals surface area contributed by atoms with Crippen LogP contribution in [0, 0.1) is 0 Å². The molecule has 0 spiro atoms. The molecule has 0 radical (unpaired) electrons. The highest BCUT2D eigenvalue weighted by Crippen LogP contribution is 2.16. The third-order valence-corrected chi connectivity index (χ3v) is 4.88. The normalized spacial score (nSPS) is 16.4. The number of piperidine rings is 1. The van der Waals surface area contributed by atoms with Crippen molar-refractivity contribution in [1.82, 2.24) is 15.5 Å². The lowest BCUT2D eigenvalue weighted by Gasteiger charge is -2.31. The monoisotopic (exact) mass is 374 g/mol. The number of nitrogens with zero attached hydrogens (tertiary/aromatic N) is 2. The molecule has 2 N–H and O–H groups in total. The van der Waals surface area contributed by atoms with E-state index in [1.54, 1.807) is 0 Å². The van der Waals surface area contributed by atoms with Crippen LogP contribution in [0.2, 0.25) is 0 Å². The van der Waals surface area contributed by atoms with Crippen LogP contribution in [0.25, 0.3) is 0 Å². The minimum Gasteiger partial charge on any atom is -0.378 e. The molecule has 1 aromatic rings. The quantitative estimate of drug-likeness (QED) is 0.354. The number of nitrogens with one attached hydrogen (secondary N) is 2. The zero-order chi connectivity index (χ0) is 19.2. The highest BCUT2D eigenvalue weighted by molar-refractivity contribution is 5.79. The molecule has 2 rings (SSSR count). The van der Waals surface area contributed by atoms with Gasteiger partial charge in [0, 0.05) is 45.9 Å². The number of hydrogen-bond acceptors (Lipinski definition) is 3. The molecule has 0 saturated carbocycles. The van der Waals surface area contributed by atoms with E-state index < -0.39 is 0 Å². The number of ether oxygens (including phenoxy) is 1. The predicted octanol–water partition coefficient (Wildman–Crippen LogP) is 3.41. The van der Waals surface area contributed by atoms with Crippen LogP contribution in [-0.2, 0) is 11.3 Å². The molecule has 1 aromatic carbocycles. The number of likely N-dealkylation sites (tertiary alicyclic amines) is 1. The molecule has 0 atom stereocenters. The second-order valence-electron chi connectivity index (χ2n) is 7.23. The average Bonchev–Trinajstić information content (AvgIpc) is 2.70. The first-order valence-corrected chi connectivity index (χ1v) is 10.7. The van der Waals surface area contributed by atoms with Gasteiger partial charge in [0.1, 0.15) is 0 Å². The van der Waals surface area contributed by atoms with Crippen LogP contribution in [0.4, 0.5) is 0 Å². The van der Waals surface area contributed by atoms with Crippen LogP contribution in [-0.4, -0.2) is 56.3 Å². The van der Waals surface area contributed by atoms with Gasteiger partial charge in [-0.05, 0) is 38.2 Å². The van der Waals surface area contributed by atoms with Crippen LogP contribution in [0.5, 0.6) is 0 Å². The van der Waals surface area contributed by atoms with Gasteiger partial charge in [0.25, 0.3) is 0 Å². The Morgan fingerprint density at radius 2 is 1.89 bits per heavy atom. The summed E-state index contributed by atoms with van der Waals surface area (Å²) in [6.07, 6.45) is 6.04. The number of unbranched alkanes of at least 4 members (excludes halogenated alkanes) is 1. The Balaban J connectivity index is 1.56. The number of rotatable bonds is 11. The summed E-state index contributed by atoms with van der Waals surface area (Å²) >= 11 is 0. The van der Waals surface area contributed by atoms with Gasteiger partial charge < -0.3 is 15.4 Å². The standard InChI is InChI=1S/C22H38N4O/c1-3-5-14-24-22(23-4-2)25-15-9-18-27-21-12-16-26(17-13-21)19-20-10-7-6-8-11-20/h6-8,10-11,21H,3-5,9,12-19H2,1-2H3,(H2,23,24,25). The number of benzene rings is 1. The van der Waals surface area contributed by atoms with Gasteiger partial charge in [-0.3, -0.25) is 9.89 Å². The predicted molar refractivity (Wildman–Crippen MR) is 114 cm³/mol. The number of aliphatic imine (C=N–C) groups is 1. The van der Waals surface area contributed by atoms with Crippen molar-refractivity contribution in [3.05, 3.63) is 35.9 Å². The summed E-state index contributed by atoms with van der Waals surface area (Å²) in [5.74, 6) is 0.931. The first kappa shape index (κ1) is 21.7. The van der Waals surface area contributed by atoms with Crippen molar-refractivity contribution < 1.29 is 4.74 Å². The van der Waals surface area contributed by atoms with Crippen molar-refractivity contribution in [2.75, 3.05) is 39.3 Å². The molecule has 0 bridgehead atoms. The van der Waals surface area contributed by atoms with Gasteiger partial charge in [-0.1, -0.05) is 43.7 Å². The maximum Gasteiger partial charge on any atom is 0.191 e. The van der Waals surface area contributed by atoms with Crippen molar-refractivity contribution in [2.24, 2.45) is 4.99 Å². The minimum absolute atomic E-state index is 0.414. The molecule has 1 saturated heterocycles. The third-order valence-electron chi connectivity index (χ3n) is 4.88. The second-order valence-corrected chi connectivity index (χ2v) is 7.23. The van der Waals surface area contributed by atoms with Gasteiger partial charge in [0.2, 0.25) is 0 Å². The molecule has 0 aliphatic carbocycles. The largest absolute Gasteiger partial charge is 0.378 e. The Labute approximate surface area is 165 Å². The molecule has 5 nitrogen and oxygen atoms in total. The van der Waals surface area contributed by atoms with Crippen LogP contribution in [0.15, 0.2) is 35.3 Å². The number of hydrogen-bond donors (Lipinski definition) is 2. The van der Waals surface area contributed by atoms with Crippen molar-refractivity contribution in [2.45, 2.75) is 58.6 Å². The Kier molecular flexibility index (Phi) is 10.9. The fraction of sp³-hybridized carbons (Fsp3) is 0.682. The molecule has 1 heterocycles. The van der Waals surface area contributed by atoms with E-state index in [2.05, 4.69) is 64.7 Å². The van der Waals surface area contributed by atoms with Gasteiger partial charge >= 0.3 is 0 Å². The molecule has 5 heteroatoms. The summed E-state index contributed by atoms with van der Waals surface area (Å²) in [4.78, 5) is 7.16. The van der Waals surface area contributed by atoms with E-state index in [9.17, 15) is 0 Å². The maximum absolute atomic E-state index is 6.09. The zero-order valence-electron chi connectivity index (χ0n) is 17.3. The summed E-state index contributed by atoms with van der Waals surface area (Å²) in [5.41, 5.74) is 1.40. The highest BCUT2D eigenvalue weighted by atomic mass is 16.5. The van der Waals surface area contributed by atoms with E-state index in [4.69, 9.17) is 4.74 Å². The SMILES string of the molecule is CCCCNC(=NCCCOC1CCN(Cc2ccccc2)CC1)NCC. The topological polar surface area (TPSA) is 48.9 Å². The van der Waals surface area contributed by atoms with E-state index in [1.807, 2.05) is 0 Å². The van der Waals surface area contributed by atoms with E-state index >= 15 is 0 Å². The highest BCUT2D eigenvalue weighted by Gasteiger charge is 2.19. The van der Waals surface area contributed by atoms with E-state index in [1.165, 1.54) is 18.4 Å². The van der Waals surface area contributed by atoms with Gasteiger partial charge in [0.15, 0.2) is 5.96 Å². The first-order valence-electron chi connectivity index (χ1n) is 10.7. The van der Waals surface area contributed by atoms with Crippen LogP contribution < -0.4 is 10.6 Å². The summed E-state index contributed by atoms with van der Waals surface area (Å²) in [7, 11) is 0. The van der Waals surface area contributed by atoms with Crippen molar-refractivity contribution in [3.8, 4) is 0 Å². The Morgan fingerprint density at radius 1 is 1.11 bits per heavy atom. The van der Waals surface area contributed by atoms with Crippen LogP contribution in [0.1, 0.15) is 51.5 Å². The molecule has 152 valence electrons. The molecular weight excluding hydrogens is 336 g/mol. The molecule has 0 unspecified atom stereocenters. The molecular formula is C22H38N4O. The fourth-order valence-electron chi connectivity index (χ4n) is 3.31. The molecule has 0 aromatic heterocycles. The van der Waals surface area contributed by atoms with Crippen molar-refractivity contribution in [3.63, 3.8) is 0 Å². The Bertz CT molecular complexity index is 512. The van der Waals surface area contributed by atoms with Gasteiger partial charge in [-0.25, -0.2) is 0 Å². The van der Waals surface area contributed by atoms with Crippen molar-refractivity contribution in [1.29, 1.82) is 0 Å². The molecule has 0 amide bonds. The Morgan fingerprint density at radius 3 is 2.59 bits per heavy atom. The first-order chi connectivity index (χ1) is 13.3. The third kappa shape index (κ3) is 9.25. The van der Waals surface area contributed by atoms with Crippen LogP contribution >= 0.6 is 0 Å². The van der Waals surface area contributed by atoms with Crippen LogP contribution in [0.3, 0.4) is 0 Å². The summed E-state index contributed by atoms with van der Waals surface area (Å²) in [6.45, 7) is 11.1. The summed E-state index contributed by atoms with van der Waals surface area (Å²) in [6, 6.07) is 10.7. The second kappa shape index (κ2) is 13.6. The lowest BCUT2D eigenvalue weighted by Crippen LogP contribution is -2.38. The van der Waals surface area contributed by atoms with Gasteiger partial charge in [-0.2, -0.15) is 0 Å². The average molecular weight is 375 g/mol. The summed E-state index contributed by atoms with van der Waals surface area (Å²) < 4.78 is 6.09. The molecule has 1 aliphatic rings. The lowest BCUT2D eigenvalue weighted by atomic mass is 10.1. The maximum atomic E-state index is 6.09. The zero-order valence-corrected chi connectivity index (χ0v) is 17.3. The van der Waals surface area contributed by atoms with Gasteiger partial charge in [-0.15, -0.1) is 0 Å². The minimum atomic E-state index is 0.414.